The van der Waals surface area contributed by atoms with E-state index in [4.69, 9.17) is 9.47 Å². The molecular formula is C18H17N5O2S. The zero-order valence-electron chi connectivity index (χ0n) is 14.0. The summed E-state index contributed by atoms with van der Waals surface area (Å²) in [5, 5.41) is 17.7. The number of tetrazole rings is 1. The molecule has 0 aliphatic heterocycles. The van der Waals surface area contributed by atoms with Crippen LogP contribution in [0.25, 0.3) is 10.9 Å². The molecule has 132 valence electrons. The summed E-state index contributed by atoms with van der Waals surface area (Å²) < 4.78 is 11.6. The van der Waals surface area contributed by atoms with Gasteiger partial charge in [0.15, 0.2) is 10.9 Å². The van der Waals surface area contributed by atoms with E-state index in [1.165, 1.54) is 11.3 Å². The lowest BCUT2D eigenvalue weighted by Gasteiger charge is -2.05. The fourth-order valence-corrected chi connectivity index (χ4v) is 3.19. The van der Waals surface area contributed by atoms with Crippen molar-refractivity contribution in [2.45, 2.75) is 19.4 Å². The Morgan fingerprint density at radius 3 is 2.96 bits per heavy atom. The standard InChI is InChI=1S/C18H17N5O2S/c1-2-5-16-13(4-1)7-8-14(19-16)11-25-15-10-18(26-12-15)24-9-3-6-17-20-22-23-21-17/h1-2,4-5,7-8,10,12H,3,6,9,11H2,(H,20,21,22,23). The third-order valence-electron chi connectivity index (χ3n) is 3.77. The molecule has 0 aliphatic rings. The fraction of sp³-hybridized carbons (Fsp3) is 0.222. The fourth-order valence-electron chi connectivity index (χ4n) is 2.49. The molecule has 4 rings (SSSR count). The van der Waals surface area contributed by atoms with Crippen molar-refractivity contribution in [3.63, 3.8) is 0 Å². The molecule has 0 aliphatic carbocycles. The molecule has 0 saturated carbocycles. The zero-order chi connectivity index (χ0) is 17.6. The lowest BCUT2D eigenvalue weighted by atomic mass is 10.2. The summed E-state index contributed by atoms with van der Waals surface area (Å²) in [5.41, 5.74) is 1.88. The second kappa shape index (κ2) is 7.92. The largest absolute Gasteiger partial charge is 0.486 e. The van der Waals surface area contributed by atoms with Gasteiger partial charge in [-0.3, -0.25) is 0 Å². The summed E-state index contributed by atoms with van der Waals surface area (Å²) in [5.74, 6) is 1.49. The molecule has 1 N–H and O–H groups in total. The second-order valence-corrected chi connectivity index (χ2v) is 6.54. The number of hydrogen-bond donors (Lipinski definition) is 1. The average Bonchev–Trinajstić information content (AvgIpc) is 3.35. The van der Waals surface area contributed by atoms with E-state index in [1.807, 2.05) is 41.8 Å². The van der Waals surface area contributed by atoms with Crippen molar-refractivity contribution >= 4 is 22.2 Å². The lowest BCUT2D eigenvalue weighted by Crippen LogP contribution is -1.99. The van der Waals surface area contributed by atoms with Crippen molar-refractivity contribution in [2.24, 2.45) is 0 Å². The highest BCUT2D eigenvalue weighted by Gasteiger charge is 2.05. The number of aryl methyl sites for hydroxylation is 1. The van der Waals surface area contributed by atoms with E-state index >= 15 is 0 Å². The molecule has 0 amide bonds. The Morgan fingerprint density at radius 1 is 1.08 bits per heavy atom. The Morgan fingerprint density at radius 2 is 2.04 bits per heavy atom. The Labute approximate surface area is 154 Å². The van der Waals surface area contributed by atoms with Crippen LogP contribution in [-0.4, -0.2) is 32.2 Å². The van der Waals surface area contributed by atoms with Crippen molar-refractivity contribution in [2.75, 3.05) is 6.61 Å². The first-order valence-electron chi connectivity index (χ1n) is 8.28. The molecule has 0 bridgehead atoms. The van der Waals surface area contributed by atoms with Crippen molar-refractivity contribution < 1.29 is 9.47 Å². The SMILES string of the molecule is c1ccc2nc(COc3csc(OCCCc4nn[nH]n4)c3)ccc2c1. The number of aromatic amines is 1. The topological polar surface area (TPSA) is 85.8 Å². The van der Waals surface area contributed by atoms with Crippen LogP contribution >= 0.6 is 11.3 Å². The molecule has 26 heavy (non-hydrogen) atoms. The van der Waals surface area contributed by atoms with Gasteiger partial charge in [-0.05, 0) is 18.6 Å². The van der Waals surface area contributed by atoms with E-state index in [-0.39, 0.29) is 0 Å². The molecule has 0 radical (unpaired) electrons. The lowest BCUT2D eigenvalue weighted by molar-refractivity contribution is 0.296. The number of para-hydroxylation sites is 1. The molecule has 8 heteroatoms. The first kappa shape index (κ1) is 16.5. The van der Waals surface area contributed by atoms with Crippen LogP contribution in [0.2, 0.25) is 0 Å². The Kier molecular flexibility index (Phi) is 5.02. The molecule has 3 aromatic heterocycles. The van der Waals surface area contributed by atoms with Crippen LogP contribution in [0, 0.1) is 0 Å². The van der Waals surface area contributed by atoms with Crippen LogP contribution in [0.15, 0.2) is 47.8 Å². The third-order valence-corrected chi connectivity index (χ3v) is 4.59. The van der Waals surface area contributed by atoms with E-state index in [2.05, 4.69) is 31.7 Å². The summed E-state index contributed by atoms with van der Waals surface area (Å²) in [7, 11) is 0. The van der Waals surface area contributed by atoms with Gasteiger partial charge in [-0.15, -0.1) is 21.5 Å². The van der Waals surface area contributed by atoms with Gasteiger partial charge >= 0.3 is 0 Å². The van der Waals surface area contributed by atoms with Gasteiger partial charge in [0.05, 0.1) is 17.8 Å². The Bertz CT molecular complexity index is 971. The number of nitrogens with zero attached hydrogens (tertiary/aromatic N) is 4. The van der Waals surface area contributed by atoms with Crippen LogP contribution in [0.3, 0.4) is 0 Å². The maximum absolute atomic E-state index is 5.82. The summed E-state index contributed by atoms with van der Waals surface area (Å²) in [6.45, 7) is 1.03. The number of hydrogen-bond acceptors (Lipinski definition) is 7. The molecule has 0 spiro atoms. The zero-order valence-corrected chi connectivity index (χ0v) is 14.8. The Hall–Kier alpha value is -3.00. The highest BCUT2D eigenvalue weighted by molar-refractivity contribution is 7.12. The number of pyridine rings is 1. The minimum absolute atomic E-state index is 0.429. The summed E-state index contributed by atoms with van der Waals surface area (Å²) in [6, 6.07) is 14.0. The molecule has 3 heterocycles. The van der Waals surface area contributed by atoms with Crippen molar-refractivity contribution in [1.82, 2.24) is 25.6 Å². The van der Waals surface area contributed by atoms with Gasteiger partial charge in [-0.25, -0.2) is 4.98 Å². The number of benzene rings is 1. The molecule has 0 saturated heterocycles. The van der Waals surface area contributed by atoms with Gasteiger partial charge in [-0.2, -0.15) is 5.21 Å². The average molecular weight is 367 g/mol. The predicted molar refractivity (Wildman–Crippen MR) is 98.4 cm³/mol. The monoisotopic (exact) mass is 367 g/mol. The Balaban J connectivity index is 1.26. The predicted octanol–water partition coefficient (Wildman–Crippen LogP) is 3.40. The van der Waals surface area contributed by atoms with Crippen molar-refractivity contribution in [1.29, 1.82) is 0 Å². The maximum atomic E-state index is 5.82. The van der Waals surface area contributed by atoms with E-state index in [1.54, 1.807) is 0 Å². The van der Waals surface area contributed by atoms with Crippen molar-refractivity contribution in [3.8, 4) is 10.8 Å². The molecule has 4 aromatic rings. The number of ether oxygens (including phenoxy) is 2. The van der Waals surface area contributed by atoms with E-state index in [0.717, 1.165) is 40.3 Å². The van der Waals surface area contributed by atoms with Crippen LogP contribution in [0.4, 0.5) is 0 Å². The normalized spacial score (nSPS) is 10.9. The summed E-state index contributed by atoms with van der Waals surface area (Å²) >= 11 is 1.52. The van der Waals surface area contributed by atoms with Gasteiger partial charge in [0, 0.05) is 23.3 Å². The summed E-state index contributed by atoms with van der Waals surface area (Å²) in [6.07, 6.45) is 1.56. The highest BCUT2D eigenvalue weighted by atomic mass is 32.1. The number of fused-ring (bicyclic) bond motifs is 1. The first-order valence-corrected chi connectivity index (χ1v) is 9.16. The molecule has 7 nitrogen and oxygen atoms in total. The number of rotatable bonds is 8. The highest BCUT2D eigenvalue weighted by Crippen LogP contribution is 2.29. The van der Waals surface area contributed by atoms with Gasteiger partial charge in [0.1, 0.15) is 12.4 Å². The van der Waals surface area contributed by atoms with Gasteiger partial charge < -0.3 is 9.47 Å². The second-order valence-electron chi connectivity index (χ2n) is 5.67. The number of H-pyrrole nitrogens is 1. The number of thiophene rings is 1. The third kappa shape index (κ3) is 4.15. The van der Waals surface area contributed by atoms with Crippen molar-refractivity contribution in [3.05, 3.63) is 59.4 Å². The molecule has 1 aromatic carbocycles. The maximum Gasteiger partial charge on any atom is 0.177 e. The molecule has 0 atom stereocenters. The first-order chi connectivity index (χ1) is 12.9. The van der Waals surface area contributed by atoms with Crippen LogP contribution in [-0.2, 0) is 13.0 Å². The van der Waals surface area contributed by atoms with Gasteiger partial charge in [0.25, 0.3) is 0 Å². The van der Waals surface area contributed by atoms with E-state index in [0.29, 0.717) is 19.0 Å². The number of aromatic nitrogens is 5. The summed E-state index contributed by atoms with van der Waals surface area (Å²) in [4.78, 5) is 4.61. The molecule has 0 unspecified atom stereocenters. The van der Waals surface area contributed by atoms with E-state index in [9.17, 15) is 0 Å². The molecular weight excluding hydrogens is 350 g/mol. The number of nitrogens with one attached hydrogen (secondary N) is 1. The van der Waals surface area contributed by atoms with Gasteiger partial charge in [0.2, 0.25) is 0 Å². The quantitative estimate of drug-likeness (QED) is 0.480. The minimum atomic E-state index is 0.429. The van der Waals surface area contributed by atoms with E-state index < -0.39 is 0 Å². The minimum Gasteiger partial charge on any atom is -0.486 e. The molecule has 0 fully saturated rings. The van der Waals surface area contributed by atoms with Crippen LogP contribution in [0.5, 0.6) is 10.8 Å². The van der Waals surface area contributed by atoms with Gasteiger partial charge in [-0.1, -0.05) is 29.5 Å². The smallest absolute Gasteiger partial charge is 0.177 e. The van der Waals surface area contributed by atoms with Crippen LogP contribution in [0.1, 0.15) is 17.9 Å². The van der Waals surface area contributed by atoms with Crippen LogP contribution < -0.4 is 9.47 Å².